The number of carbonyl (C=O) groups excluding carboxylic acids is 1. The third-order valence-corrected chi connectivity index (χ3v) is 3.66. The fourth-order valence-electron chi connectivity index (χ4n) is 1.55. The van der Waals surface area contributed by atoms with Gasteiger partial charge in [-0.25, -0.2) is 4.98 Å². The van der Waals surface area contributed by atoms with Crippen molar-refractivity contribution in [1.29, 1.82) is 0 Å². The third kappa shape index (κ3) is 3.34. The van der Waals surface area contributed by atoms with Crippen LogP contribution in [0.1, 0.15) is 15.9 Å². The molecular weight excluding hydrogens is 266 g/mol. The Balaban J connectivity index is 2.01. The number of ketones is 1. The number of hydrogen-bond donors (Lipinski definition) is 0. The second kappa shape index (κ2) is 6.03. The largest absolute Gasteiger partial charge is 0.293 e. The molecule has 0 atom stereocenters. The van der Waals surface area contributed by atoms with Crippen LogP contribution in [0.4, 0.5) is 0 Å². The molecule has 0 spiro atoms. The van der Waals surface area contributed by atoms with Gasteiger partial charge in [0.1, 0.15) is 0 Å². The lowest BCUT2D eigenvalue weighted by Crippen LogP contribution is -2.04. The molecule has 0 aliphatic carbocycles. The Bertz CT molecular complexity index is 554. The molecule has 0 aliphatic heterocycles. The normalized spacial score (nSPS) is 10.3. The SMILES string of the molecule is Cc1ccccc1C(=O)CSc1ccc(Cl)cn1. The van der Waals surface area contributed by atoms with E-state index < -0.39 is 0 Å². The van der Waals surface area contributed by atoms with E-state index in [4.69, 9.17) is 11.6 Å². The van der Waals surface area contributed by atoms with E-state index in [-0.39, 0.29) is 5.78 Å². The van der Waals surface area contributed by atoms with Gasteiger partial charge in [0.15, 0.2) is 5.78 Å². The van der Waals surface area contributed by atoms with E-state index in [0.717, 1.165) is 16.2 Å². The van der Waals surface area contributed by atoms with E-state index in [1.165, 1.54) is 11.8 Å². The van der Waals surface area contributed by atoms with Gasteiger partial charge < -0.3 is 0 Å². The molecule has 18 heavy (non-hydrogen) atoms. The summed E-state index contributed by atoms with van der Waals surface area (Å²) in [7, 11) is 0. The Morgan fingerprint density at radius 1 is 1.28 bits per heavy atom. The summed E-state index contributed by atoms with van der Waals surface area (Å²) in [6.45, 7) is 1.94. The Kier molecular flexibility index (Phi) is 4.39. The highest BCUT2D eigenvalue weighted by Gasteiger charge is 2.09. The van der Waals surface area contributed by atoms with Crippen molar-refractivity contribution < 1.29 is 4.79 Å². The van der Waals surface area contributed by atoms with Crippen molar-refractivity contribution in [3.8, 4) is 0 Å². The molecule has 2 aromatic rings. The number of nitrogens with zero attached hydrogens (tertiary/aromatic N) is 1. The number of Topliss-reactive ketones (excluding diaryl/α,β-unsaturated/α-hetero) is 1. The van der Waals surface area contributed by atoms with Crippen LogP contribution in [0.5, 0.6) is 0 Å². The number of aromatic nitrogens is 1. The predicted octanol–water partition coefficient (Wildman–Crippen LogP) is 4.02. The van der Waals surface area contributed by atoms with Crippen molar-refractivity contribution in [2.45, 2.75) is 11.9 Å². The number of halogens is 1. The first kappa shape index (κ1) is 13.1. The molecule has 1 aromatic heterocycles. The lowest BCUT2D eigenvalue weighted by molar-refractivity contribution is 0.102. The average Bonchev–Trinajstić information content (AvgIpc) is 2.38. The summed E-state index contributed by atoms with van der Waals surface area (Å²) in [6, 6.07) is 11.2. The molecule has 2 nitrogen and oxygen atoms in total. The Morgan fingerprint density at radius 2 is 2.06 bits per heavy atom. The minimum Gasteiger partial charge on any atom is -0.293 e. The van der Waals surface area contributed by atoms with Gasteiger partial charge in [-0.3, -0.25) is 4.79 Å². The number of carbonyl (C=O) groups is 1. The number of hydrogen-bond acceptors (Lipinski definition) is 3. The van der Waals surface area contributed by atoms with Crippen molar-refractivity contribution >= 4 is 29.1 Å². The van der Waals surface area contributed by atoms with E-state index in [1.807, 2.05) is 37.3 Å². The lowest BCUT2D eigenvalue weighted by atomic mass is 10.1. The Morgan fingerprint density at radius 3 is 2.72 bits per heavy atom. The van der Waals surface area contributed by atoms with Gasteiger partial charge in [0.05, 0.1) is 15.8 Å². The topological polar surface area (TPSA) is 30.0 Å². The van der Waals surface area contributed by atoms with E-state index in [2.05, 4.69) is 4.98 Å². The highest BCUT2D eigenvalue weighted by atomic mass is 35.5. The number of rotatable bonds is 4. The maximum absolute atomic E-state index is 12.0. The summed E-state index contributed by atoms with van der Waals surface area (Å²) < 4.78 is 0. The first-order valence-corrected chi connectivity index (χ1v) is 6.86. The minimum absolute atomic E-state index is 0.120. The monoisotopic (exact) mass is 277 g/mol. The van der Waals surface area contributed by atoms with Gasteiger partial charge >= 0.3 is 0 Å². The summed E-state index contributed by atoms with van der Waals surface area (Å²) in [5, 5.41) is 1.41. The summed E-state index contributed by atoms with van der Waals surface area (Å²) >= 11 is 7.17. The summed E-state index contributed by atoms with van der Waals surface area (Å²) in [5.41, 5.74) is 1.78. The Labute approximate surface area is 115 Å². The molecule has 0 bridgehead atoms. The van der Waals surface area contributed by atoms with E-state index in [0.29, 0.717) is 10.8 Å². The lowest BCUT2D eigenvalue weighted by Gasteiger charge is -2.04. The number of thioether (sulfide) groups is 1. The second-order valence-corrected chi connectivity index (χ2v) is 5.27. The maximum Gasteiger partial charge on any atom is 0.173 e. The molecular formula is C14H12ClNOS. The molecule has 0 saturated heterocycles. The smallest absolute Gasteiger partial charge is 0.173 e. The van der Waals surface area contributed by atoms with Crippen molar-refractivity contribution in [2.24, 2.45) is 0 Å². The predicted molar refractivity (Wildman–Crippen MR) is 75.5 cm³/mol. The number of pyridine rings is 1. The van der Waals surface area contributed by atoms with Crippen LogP contribution in [0.2, 0.25) is 5.02 Å². The first-order valence-electron chi connectivity index (χ1n) is 5.50. The average molecular weight is 278 g/mol. The molecule has 4 heteroatoms. The van der Waals surface area contributed by atoms with Gasteiger partial charge in [0.2, 0.25) is 0 Å². The van der Waals surface area contributed by atoms with Gasteiger partial charge in [-0.2, -0.15) is 0 Å². The highest BCUT2D eigenvalue weighted by molar-refractivity contribution is 7.99. The van der Waals surface area contributed by atoms with Crippen LogP contribution in [0, 0.1) is 6.92 Å². The molecule has 0 N–H and O–H groups in total. The maximum atomic E-state index is 12.0. The summed E-state index contributed by atoms with van der Waals surface area (Å²) in [4.78, 5) is 16.2. The van der Waals surface area contributed by atoms with Crippen molar-refractivity contribution in [2.75, 3.05) is 5.75 Å². The molecule has 0 amide bonds. The second-order valence-electron chi connectivity index (χ2n) is 3.84. The summed E-state index contributed by atoms with van der Waals surface area (Å²) in [5.74, 6) is 0.509. The highest BCUT2D eigenvalue weighted by Crippen LogP contribution is 2.19. The zero-order valence-corrected chi connectivity index (χ0v) is 11.5. The molecule has 0 aliphatic rings. The van der Waals surface area contributed by atoms with Gasteiger partial charge in [-0.1, -0.05) is 47.6 Å². The number of benzene rings is 1. The third-order valence-electron chi connectivity index (χ3n) is 2.50. The number of aryl methyl sites for hydroxylation is 1. The molecule has 92 valence electrons. The molecule has 1 heterocycles. The van der Waals surface area contributed by atoms with Crippen LogP contribution in [-0.2, 0) is 0 Å². The zero-order chi connectivity index (χ0) is 13.0. The van der Waals surface area contributed by atoms with Crippen LogP contribution >= 0.6 is 23.4 Å². The molecule has 0 unspecified atom stereocenters. The fourth-order valence-corrected chi connectivity index (χ4v) is 2.39. The van der Waals surface area contributed by atoms with Crippen LogP contribution in [-0.4, -0.2) is 16.5 Å². The van der Waals surface area contributed by atoms with Crippen molar-refractivity contribution in [1.82, 2.24) is 4.98 Å². The van der Waals surface area contributed by atoms with Gasteiger partial charge in [0.25, 0.3) is 0 Å². The van der Waals surface area contributed by atoms with Crippen LogP contribution in [0.25, 0.3) is 0 Å². The van der Waals surface area contributed by atoms with Gasteiger partial charge in [-0.15, -0.1) is 0 Å². The summed E-state index contributed by atoms with van der Waals surface area (Å²) in [6.07, 6.45) is 1.59. The van der Waals surface area contributed by atoms with Crippen molar-refractivity contribution in [3.05, 3.63) is 58.7 Å². The minimum atomic E-state index is 0.120. The first-order chi connectivity index (χ1) is 8.66. The molecule has 1 aromatic carbocycles. The molecule has 0 radical (unpaired) electrons. The van der Waals surface area contributed by atoms with Gasteiger partial charge in [-0.05, 0) is 24.6 Å². The molecule has 0 fully saturated rings. The van der Waals surface area contributed by atoms with Crippen LogP contribution in [0.15, 0.2) is 47.6 Å². The van der Waals surface area contributed by atoms with E-state index >= 15 is 0 Å². The quantitative estimate of drug-likeness (QED) is 0.624. The fraction of sp³-hybridized carbons (Fsp3) is 0.143. The molecule has 0 saturated carbocycles. The van der Waals surface area contributed by atoms with Gasteiger partial charge in [0, 0.05) is 11.8 Å². The molecule has 2 rings (SSSR count). The van der Waals surface area contributed by atoms with Crippen molar-refractivity contribution in [3.63, 3.8) is 0 Å². The van der Waals surface area contributed by atoms with E-state index in [9.17, 15) is 4.79 Å². The van der Waals surface area contributed by atoms with E-state index in [1.54, 1.807) is 12.3 Å². The zero-order valence-electron chi connectivity index (χ0n) is 9.89. The standard InChI is InChI=1S/C14H12ClNOS/c1-10-4-2-3-5-12(10)13(17)9-18-14-7-6-11(15)8-16-14/h2-8H,9H2,1H3. The Hall–Kier alpha value is -1.32. The van der Waals surface area contributed by atoms with Crippen LogP contribution < -0.4 is 0 Å². The van der Waals surface area contributed by atoms with Crippen LogP contribution in [0.3, 0.4) is 0 Å².